The van der Waals surface area contributed by atoms with Crippen molar-refractivity contribution in [3.8, 4) is 0 Å². The molecule has 0 aliphatic heterocycles. The number of ether oxygens (including phenoxy) is 1. The molecule has 1 aliphatic rings. The number of methoxy groups -OCH3 is 1. The van der Waals surface area contributed by atoms with Crippen molar-refractivity contribution in [2.24, 2.45) is 5.92 Å². The molecule has 2 rings (SSSR count). The van der Waals surface area contributed by atoms with Gasteiger partial charge >= 0.3 is 5.97 Å². The first-order chi connectivity index (χ1) is 10.0. The van der Waals surface area contributed by atoms with E-state index in [9.17, 15) is 4.79 Å². The van der Waals surface area contributed by atoms with Gasteiger partial charge in [0.15, 0.2) is 0 Å². The molecule has 0 radical (unpaired) electrons. The Morgan fingerprint density at radius 1 is 1.38 bits per heavy atom. The fourth-order valence-corrected chi connectivity index (χ4v) is 2.97. The van der Waals surface area contributed by atoms with E-state index in [0.29, 0.717) is 12.5 Å². The van der Waals surface area contributed by atoms with Crippen LogP contribution in [-0.2, 0) is 9.53 Å². The third-order valence-electron chi connectivity index (χ3n) is 4.28. The average Bonchev–Trinajstić information content (AvgIpc) is 3.31. The van der Waals surface area contributed by atoms with Gasteiger partial charge in [0.1, 0.15) is 5.54 Å². The summed E-state index contributed by atoms with van der Waals surface area (Å²) < 4.78 is 5.10. The number of nitrogens with one attached hydrogen (secondary N) is 1. The molecule has 0 bridgehead atoms. The summed E-state index contributed by atoms with van der Waals surface area (Å²) in [6, 6.07) is 8.37. The lowest BCUT2D eigenvalue weighted by atomic mass is 9.92. The lowest BCUT2D eigenvalue weighted by Crippen LogP contribution is -2.60. The van der Waals surface area contributed by atoms with Crippen LogP contribution in [0.25, 0.3) is 0 Å². The van der Waals surface area contributed by atoms with Crippen LogP contribution in [0.2, 0.25) is 0 Å². The van der Waals surface area contributed by atoms with Gasteiger partial charge in [-0.3, -0.25) is 0 Å². The summed E-state index contributed by atoms with van der Waals surface area (Å²) in [6.45, 7) is 5.49. The predicted octanol–water partition coefficient (Wildman–Crippen LogP) is 2.36. The number of rotatable bonds is 7. The number of nitrogens with zero attached hydrogens (tertiary/aromatic N) is 1. The standard InChI is InChI=1S/C17H26N2O2/c1-5-18-17(14-8-9-14,16(20)21-4)12-19(3)15-10-6-13(2)7-11-15/h6-7,10-11,14,18H,5,8-9,12H2,1-4H3. The highest BCUT2D eigenvalue weighted by Crippen LogP contribution is 2.41. The average molecular weight is 290 g/mol. The van der Waals surface area contributed by atoms with Crippen molar-refractivity contribution in [3.63, 3.8) is 0 Å². The van der Waals surface area contributed by atoms with E-state index in [1.54, 1.807) is 0 Å². The van der Waals surface area contributed by atoms with E-state index < -0.39 is 5.54 Å². The third-order valence-corrected chi connectivity index (χ3v) is 4.28. The van der Waals surface area contributed by atoms with Gasteiger partial charge in [-0.1, -0.05) is 24.6 Å². The van der Waals surface area contributed by atoms with Crippen LogP contribution in [0.3, 0.4) is 0 Å². The zero-order valence-corrected chi connectivity index (χ0v) is 13.5. The molecule has 0 heterocycles. The Hall–Kier alpha value is -1.55. The van der Waals surface area contributed by atoms with Crippen molar-refractivity contribution < 1.29 is 9.53 Å². The zero-order valence-electron chi connectivity index (χ0n) is 13.5. The minimum atomic E-state index is -0.594. The first kappa shape index (κ1) is 15.8. The van der Waals surface area contributed by atoms with Gasteiger partial charge < -0.3 is 15.0 Å². The summed E-state index contributed by atoms with van der Waals surface area (Å²) in [6.07, 6.45) is 2.17. The molecule has 0 spiro atoms. The number of carbonyl (C=O) groups excluding carboxylic acids is 1. The van der Waals surface area contributed by atoms with Gasteiger partial charge in [-0.05, 0) is 44.4 Å². The smallest absolute Gasteiger partial charge is 0.328 e. The molecule has 1 aromatic rings. The van der Waals surface area contributed by atoms with Crippen molar-refractivity contribution in [3.05, 3.63) is 29.8 Å². The molecule has 1 fully saturated rings. The first-order valence-electron chi connectivity index (χ1n) is 7.64. The lowest BCUT2D eigenvalue weighted by Gasteiger charge is -2.36. The van der Waals surface area contributed by atoms with E-state index in [1.807, 2.05) is 14.0 Å². The van der Waals surface area contributed by atoms with Crippen LogP contribution in [0.4, 0.5) is 5.69 Å². The van der Waals surface area contributed by atoms with Gasteiger partial charge in [0.2, 0.25) is 0 Å². The molecular weight excluding hydrogens is 264 g/mol. The molecule has 21 heavy (non-hydrogen) atoms. The van der Waals surface area contributed by atoms with Crippen LogP contribution < -0.4 is 10.2 Å². The highest BCUT2D eigenvalue weighted by Gasteiger charge is 2.52. The van der Waals surface area contributed by atoms with Crippen molar-refractivity contribution >= 4 is 11.7 Å². The fraction of sp³-hybridized carbons (Fsp3) is 0.588. The second-order valence-electron chi connectivity index (χ2n) is 5.96. The first-order valence-corrected chi connectivity index (χ1v) is 7.64. The lowest BCUT2D eigenvalue weighted by molar-refractivity contribution is -0.149. The molecule has 1 N–H and O–H groups in total. The summed E-state index contributed by atoms with van der Waals surface area (Å²) in [5.41, 5.74) is 1.76. The number of hydrogen-bond donors (Lipinski definition) is 1. The molecule has 1 aromatic carbocycles. The largest absolute Gasteiger partial charge is 0.468 e. The summed E-state index contributed by atoms with van der Waals surface area (Å²) in [5, 5.41) is 3.40. The highest BCUT2D eigenvalue weighted by molar-refractivity contribution is 5.83. The van der Waals surface area contributed by atoms with E-state index in [1.165, 1.54) is 12.7 Å². The predicted molar refractivity (Wildman–Crippen MR) is 85.6 cm³/mol. The van der Waals surface area contributed by atoms with E-state index in [0.717, 1.165) is 25.1 Å². The molecule has 0 aromatic heterocycles. The Morgan fingerprint density at radius 2 is 2.00 bits per heavy atom. The zero-order chi connectivity index (χ0) is 15.5. The highest BCUT2D eigenvalue weighted by atomic mass is 16.5. The Kier molecular flexibility index (Phi) is 4.88. The topological polar surface area (TPSA) is 41.6 Å². The van der Waals surface area contributed by atoms with Crippen molar-refractivity contribution in [2.45, 2.75) is 32.2 Å². The molecule has 1 unspecified atom stereocenters. The van der Waals surface area contributed by atoms with Crippen LogP contribution in [0.5, 0.6) is 0 Å². The number of anilines is 1. The third kappa shape index (κ3) is 3.38. The maximum absolute atomic E-state index is 12.4. The molecule has 1 saturated carbocycles. The van der Waals surface area contributed by atoms with Gasteiger partial charge in [0, 0.05) is 19.3 Å². The fourth-order valence-electron chi connectivity index (χ4n) is 2.97. The summed E-state index contributed by atoms with van der Waals surface area (Å²) >= 11 is 0. The number of esters is 1. The molecule has 0 saturated heterocycles. The van der Waals surface area contributed by atoms with Gasteiger partial charge in [-0.25, -0.2) is 4.79 Å². The molecular formula is C17H26N2O2. The minimum absolute atomic E-state index is 0.147. The maximum atomic E-state index is 12.4. The van der Waals surface area contributed by atoms with Crippen molar-refractivity contribution in [1.82, 2.24) is 5.32 Å². The summed E-state index contributed by atoms with van der Waals surface area (Å²) in [4.78, 5) is 14.6. The van der Waals surface area contributed by atoms with Gasteiger partial charge in [0.25, 0.3) is 0 Å². The molecule has 1 atom stereocenters. The maximum Gasteiger partial charge on any atom is 0.328 e. The number of benzene rings is 1. The van der Waals surface area contributed by atoms with Crippen LogP contribution in [0.15, 0.2) is 24.3 Å². The van der Waals surface area contributed by atoms with E-state index in [2.05, 4.69) is 41.4 Å². The van der Waals surface area contributed by atoms with E-state index in [4.69, 9.17) is 4.74 Å². The minimum Gasteiger partial charge on any atom is -0.468 e. The summed E-state index contributed by atoms with van der Waals surface area (Å²) in [7, 11) is 3.50. The summed E-state index contributed by atoms with van der Waals surface area (Å²) in [5.74, 6) is 0.226. The molecule has 4 nitrogen and oxygen atoms in total. The Balaban J connectivity index is 2.21. The quantitative estimate of drug-likeness (QED) is 0.783. The Morgan fingerprint density at radius 3 is 2.48 bits per heavy atom. The molecule has 1 aliphatic carbocycles. The Labute approximate surface area is 127 Å². The van der Waals surface area contributed by atoms with Crippen molar-refractivity contribution in [1.29, 1.82) is 0 Å². The van der Waals surface area contributed by atoms with Crippen LogP contribution in [-0.4, -0.2) is 38.8 Å². The monoisotopic (exact) mass is 290 g/mol. The van der Waals surface area contributed by atoms with E-state index >= 15 is 0 Å². The number of hydrogen-bond acceptors (Lipinski definition) is 4. The van der Waals surface area contributed by atoms with Crippen LogP contribution in [0.1, 0.15) is 25.3 Å². The van der Waals surface area contributed by atoms with Gasteiger partial charge in [0.05, 0.1) is 7.11 Å². The van der Waals surface area contributed by atoms with E-state index in [-0.39, 0.29) is 5.97 Å². The number of aryl methyl sites for hydroxylation is 1. The normalized spacial score (nSPS) is 17.1. The molecule has 0 amide bonds. The molecule has 116 valence electrons. The van der Waals surface area contributed by atoms with Crippen LogP contribution >= 0.6 is 0 Å². The SMILES string of the molecule is CCNC(CN(C)c1ccc(C)cc1)(C(=O)OC)C1CC1. The van der Waals surface area contributed by atoms with Crippen LogP contribution in [0, 0.1) is 12.8 Å². The number of carbonyl (C=O) groups is 1. The number of likely N-dealkylation sites (N-methyl/N-ethyl adjacent to an activating group) is 2. The van der Waals surface area contributed by atoms with Crippen molar-refractivity contribution in [2.75, 3.05) is 32.1 Å². The van der Waals surface area contributed by atoms with Gasteiger partial charge in [-0.15, -0.1) is 0 Å². The second-order valence-corrected chi connectivity index (χ2v) is 5.96. The Bertz CT molecular complexity index is 482. The van der Waals surface area contributed by atoms with Gasteiger partial charge in [-0.2, -0.15) is 0 Å². The molecule has 4 heteroatoms. The second kappa shape index (κ2) is 6.48.